The van der Waals surface area contributed by atoms with Crippen LogP contribution >= 0.6 is 34.5 Å². The number of aryl methyl sites for hydroxylation is 2. The van der Waals surface area contributed by atoms with Crippen LogP contribution in [0.3, 0.4) is 0 Å². The highest BCUT2D eigenvalue weighted by Gasteiger charge is 2.21. The summed E-state index contributed by atoms with van der Waals surface area (Å²) in [6, 6.07) is 5.74. The number of halogens is 2. The molecule has 0 fully saturated rings. The molecule has 2 nitrogen and oxygen atoms in total. The van der Waals surface area contributed by atoms with Gasteiger partial charge in [-0.2, -0.15) is 0 Å². The Kier molecular flexibility index (Phi) is 5.44. The van der Waals surface area contributed by atoms with Crippen molar-refractivity contribution in [1.82, 2.24) is 10.3 Å². The maximum absolute atomic E-state index is 6.37. The van der Waals surface area contributed by atoms with Crippen LogP contribution in [0.1, 0.15) is 40.5 Å². The van der Waals surface area contributed by atoms with E-state index in [0.29, 0.717) is 10.0 Å². The molecule has 0 aliphatic rings. The van der Waals surface area contributed by atoms with Crippen LogP contribution in [-0.4, -0.2) is 11.5 Å². The molecule has 2 rings (SSSR count). The summed E-state index contributed by atoms with van der Waals surface area (Å²) >= 11 is 14.2. The Balaban J connectivity index is 2.44. The molecular formula is C15H18Cl2N2S. The smallest absolute Gasteiger partial charge is 0.115 e. The van der Waals surface area contributed by atoms with Gasteiger partial charge in [-0.15, -0.1) is 11.3 Å². The van der Waals surface area contributed by atoms with E-state index in [1.165, 1.54) is 4.88 Å². The Labute approximate surface area is 134 Å². The van der Waals surface area contributed by atoms with Gasteiger partial charge in [-0.05, 0) is 38.4 Å². The lowest BCUT2D eigenvalue weighted by atomic mass is 10.1. The van der Waals surface area contributed by atoms with E-state index in [9.17, 15) is 0 Å². The van der Waals surface area contributed by atoms with Crippen molar-refractivity contribution in [2.24, 2.45) is 0 Å². The molecule has 1 aromatic heterocycles. The van der Waals surface area contributed by atoms with Gasteiger partial charge in [0.1, 0.15) is 5.01 Å². The number of hydrogen-bond acceptors (Lipinski definition) is 3. The summed E-state index contributed by atoms with van der Waals surface area (Å²) in [5, 5.41) is 5.74. The zero-order chi connectivity index (χ0) is 14.7. The van der Waals surface area contributed by atoms with Gasteiger partial charge in [0.25, 0.3) is 0 Å². The average molecular weight is 329 g/mol. The largest absolute Gasteiger partial charge is 0.304 e. The van der Waals surface area contributed by atoms with Gasteiger partial charge in [-0.25, -0.2) is 4.98 Å². The first-order chi connectivity index (χ1) is 9.54. The SMILES string of the molecule is CCCNC(c1nc(C)c(C)s1)c1cccc(Cl)c1Cl. The van der Waals surface area contributed by atoms with Gasteiger partial charge < -0.3 is 5.32 Å². The topological polar surface area (TPSA) is 24.9 Å². The van der Waals surface area contributed by atoms with Gasteiger partial charge >= 0.3 is 0 Å². The minimum atomic E-state index is -0.00134. The molecule has 0 aliphatic heterocycles. The predicted octanol–water partition coefficient (Wildman–Crippen LogP) is 5.16. The monoisotopic (exact) mass is 328 g/mol. The zero-order valence-corrected chi connectivity index (χ0v) is 14.2. The van der Waals surface area contributed by atoms with Gasteiger partial charge in [-0.3, -0.25) is 0 Å². The van der Waals surface area contributed by atoms with Gasteiger partial charge in [0, 0.05) is 4.88 Å². The summed E-state index contributed by atoms with van der Waals surface area (Å²) in [6.45, 7) is 7.17. The molecule has 20 heavy (non-hydrogen) atoms. The minimum Gasteiger partial charge on any atom is -0.304 e. The first-order valence-corrected chi connectivity index (χ1v) is 8.23. The Morgan fingerprint density at radius 2 is 2.05 bits per heavy atom. The summed E-state index contributed by atoms with van der Waals surface area (Å²) in [5.74, 6) is 0. The number of aromatic nitrogens is 1. The van der Waals surface area contributed by atoms with Crippen LogP contribution in [0.2, 0.25) is 10.0 Å². The van der Waals surface area contributed by atoms with Crippen LogP contribution in [0.4, 0.5) is 0 Å². The molecule has 0 saturated heterocycles. The number of thiazole rings is 1. The standard InChI is InChI=1S/C15H18Cl2N2S/c1-4-8-18-14(15-19-9(2)10(3)20-15)11-6-5-7-12(16)13(11)17/h5-7,14,18H,4,8H2,1-3H3. The fourth-order valence-electron chi connectivity index (χ4n) is 1.98. The van der Waals surface area contributed by atoms with E-state index >= 15 is 0 Å². The highest BCUT2D eigenvalue weighted by Crippen LogP contribution is 2.35. The molecule has 1 aromatic carbocycles. The molecule has 1 atom stereocenters. The third-order valence-corrected chi connectivity index (χ3v) is 5.15. The maximum atomic E-state index is 6.37. The Morgan fingerprint density at radius 1 is 1.30 bits per heavy atom. The highest BCUT2D eigenvalue weighted by atomic mass is 35.5. The minimum absolute atomic E-state index is 0.00134. The summed E-state index contributed by atoms with van der Waals surface area (Å²) < 4.78 is 0. The third-order valence-electron chi connectivity index (χ3n) is 3.18. The van der Waals surface area contributed by atoms with E-state index in [0.717, 1.165) is 29.2 Å². The second kappa shape index (κ2) is 6.90. The lowest BCUT2D eigenvalue weighted by Crippen LogP contribution is -2.23. The van der Waals surface area contributed by atoms with Crippen LogP contribution in [0, 0.1) is 13.8 Å². The van der Waals surface area contributed by atoms with Crippen LogP contribution in [0.15, 0.2) is 18.2 Å². The molecule has 0 aliphatic carbocycles. The summed E-state index contributed by atoms with van der Waals surface area (Å²) in [5.41, 5.74) is 2.06. The van der Waals surface area contributed by atoms with E-state index < -0.39 is 0 Å². The first kappa shape index (κ1) is 15.8. The van der Waals surface area contributed by atoms with Crippen molar-refractivity contribution in [3.05, 3.63) is 49.4 Å². The number of nitrogens with one attached hydrogen (secondary N) is 1. The molecule has 0 spiro atoms. The van der Waals surface area contributed by atoms with E-state index in [1.54, 1.807) is 11.3 Å². The maximum Gasteiger partial charge on any atom is 0.115 e. The highest BCUT2D eigenvalue weighted by molar-refractivity contribution is 7.11. The van der Waals surface area contributed by atoms with Crippen molar-refractivity contribution >= 4 is 34.5 Å². The summed E-state index contributed by atoms with van der Waals surface area (Å²) in [6.07, 6.45) is 1.05. The second-order valence-electron chi connectivity index (χ2n) is 4.72. The van der Waals surface area contributed by atoms with E-state index in [1.807, 2.05) is 25.1 Å². The lowest BCUT2D eigenvalue weighted by molar-refractivity contribution is 0.595. The summed E-state index contributed by atoms with van der Waals surface area (Å²) in [4.78, 5) is 5.90. The van der Waals surface area contributed by atoms with Crippen molar-refractivity contribution in [2.45, 2.75) is 33.2 Å². The van der Waals surface area contributed by atoms with Gasteiger partial charge in [-0.1, -0.05) is 42.3 Å². The lowest BCUT2D eigenvalue weighted by Gasteiger charge is -2.18. The van der Waals surface area contributed by atoms with Crippen molar-refractivity contribution in [1.29, 1.82) is 0 Å². The van der Waals surface area contributed by atoms with Crippen LogP contribution in [0.25, 0.3) is 0 Å². The molecule has 1 N–H and O–H groups in total. The van der Waals surface area contributed by atoms with E-state index in [-0.39, 0.29) is 6.04 Å². The molecule has 0 amide bonds. The van der Waals surface area contributed by atoms with Gasteiger partial charge in [0.15, 0.2) is 0 Å². The second-order valence-corrected chi connectivity index (χ2v) is 6.74. The quantitative estimate of drug-likeness (QED) is 0.820. The third kappa shape index (κ3) is 3.34. The van der Waals surface area contributed by atoms with Crippen molar-refractivity contribution in [3.8, 4) is 0 Å². The molecule has 0 bridgehead atoms. The predicted molar refractivity (Wildman–Crippen MR) is 88.2 cm³/mol. The molecule has 1 unspecified atom stereocenters. The van der Waals surface area contributed by atoms with Gasteiger partial charge in [0.2, 0.25) is 0 Å². The van der Waals surface area contributed by atoms with Crippen molar-refractivity contribution in [2.75, 3.05) is 6.54 Å². The van der Waals surface area contributed by atoms with E-state index in [4.69, 9.17) is 23.2 Å². The molecule has 2 aromatic rings. The van der Waals surface area contributed by atoms with Crippen LogP contribution in [-0.2, 0) is 0 Å². The van der Waals surface area contributed by atoms with Crippen LogP contribution in [0.5, 0.6) is 0 Å². The molecule has 108 valence electrons. The Bertz CT molecular complexity index is 576. The Morgan fingerprint density at radius 3 is 2.65 bits per heavy atom. The number of hydrogen-bond donors (Lipinski definition) is 1. The summed E-state index contributed by atoms with van der Waals surface area (Å²) in [7, 11) is 0. The normalized spacial score (nSPS) is 12.7. The fraction of sp³-hybridized carbons (Fsp3) is 0.400. The van der Waals surface area contributed by atoms with E-state index in [2.05, 4.69) is 24.1 Å². The van der Waals surface area contributed by atoms with Crippen molar-refractivity contribution < 1.29 is 0 Å². The average Bonchev–Trinajstić information content (AvgIpc) is 2.74. The first-order valence-electron chi connectivity index (χ1n) is 6.65. The van der Waals surface area contributed by atoms with Gasteiger partial charge in [0.05, 0.1) is 21.8 Å². The molecular weight excluding hydrogens is 311 g/mol. The van der Waals surface area contributed by atoms with Crippen molar-refractivity contribution in [3.63, 3.8) is 0 Å². The Hall–Kier alpha value is -0.610. The number of nitrogens with zero attached hydrogens (tertiary/aromatic N) is 1. The number of rotatable bonds is 5. The zero-order valence-electron chi connectivity index (χ0n) is 11.8. The molecule has 0 saturated carbocycles. The molecule has 1 heterocycles. The number of benzene rings is 1. The molecule has 5 heteroatoms. The fourth-order valence-corrected chi connectivity index (χ4v) is 3.42. The van der Waals surface area contributed by atoms with Crippen LogP contribution < -0.4 is 5.32 Å². The molecule has 0 radical (unpaired) electrons.